The molecule has 2 heterocycles. The predicted octanol–water partition coefficient (Wildman–Crippen LogP) is 0.967. The first-order valence-corrected chi connectivity index (χ1v) is 9.07. The lowest BCUT2D eigenvalue weighted by Crippen LogP contribution is -2.56. The standard InChI is InChI=1S/C20H24N4O3/c25-19(22-10-12-27-17-6-2-1-3-7-17)13-18-20(26)23-9-11-24(18)15-16-5-4-8-21-14-16/h1-8,14,18H,9-13,15H2,(H,22,25)(H,23,26)/t18-/m0/s1. The van der Waals surface area contributed by atoms with E-state index >= 15 is 0 Å². The molecule has 2 N–H and O–H groups in total. The molecule has 142 valence electrons. The summed E-state index contributed by atoms with van der Waals surface area (Å²) >= 11 is 0. The van der Waals surface area contributed by atoms with Crippen molar-refractivity contribution in [3.63, 3.8) is 0 Å². The molecule has 1 aliphatic heterocycles. The number of carbonyl (C=O) groups excluding carboxylic acids is 2. The number of para-hydroxylation sites is 1. The Hall–Kier alpha value is -2.93. The number of amides is 2. The van der Waals surface area contributed by atoms with Crippen molar-refractivity contribution in [1.82, 2.24) is 20.5 Å². The third kappa shape index (κ3) is 5.79. The molecule has 3 rings (SSSR count). The van der Waals surface area contributed by atoms with E-state index in [0.29, 0.717) is 32.8 Å². The number of carbonyl (C=O) groups is 2. The van der Waals surface area contributed by atoms with E-state index in [9.17, 15) is 9.59 Å². The van der Waals surface area contributed by atoms with Crippen LogP contribution in [-0.4, -0.2) is 54.0 Å². The number of rotatable bonds is 8. The summed E-state index contributed by atoms with van der Waals surface area (Å²) in [5, 5.41) is 5.66. The highest BCUT2D eigenvalue weighted by molar-refractivity contribution is 5.88. The average Bonchev–Trinajstić information content (AvgIpc) is 2.70. The molecule has 1 atom stereocenters. The van der Waals surface area contributed by atoms with Gasteiger partial charge in [-0.2, -0.15) is 0 Å². The summed E-state index contributed by atoms with van der Waals surface area (Å²) in [5.74, 6) is 0.492. The summed E-state index contributed by atoms with van der Waals surface area (Å²) in [7, 11) is 0. The van der Waals surface area contributed by atoms with Crippen LogP contribution in [0, 0.1) is 0 Å². The van der Waals surface area contributed by atoms with Crippen molar-refractivity contribution in [1.29, 1.82) is 0 Å². The van der Waals surface area contributed by atoms with Gasteiger partial charge in [-0.05, 0) is 23.8 Å². The average molecular weight is 368 g/mol. The van der Waals surface area contributed by atoms with E-state index in [0.717, 1.165) is 11.3 Å². The molecule has 0 spiro atoms. The fourth-order valence-electron chi connectivity index (χ4n) is 3.02. The van der Waals surface area contributed by atoms with Crippen molar-refractivity contribution in [2.75, 3.05) is 26.2 Å². The van der Waals surface area contributed by atoms with Gasteiger partial charge >= 0.3 is 0 Å². The zero-order chi connectivity index (χ0) is 18.9. The van der Waals surface area contributed by atoms with Crippen LogP contribution in [0.1, 0.15) is 12.0 Å². The summed E-state index contributed by atoms with van der Waals surface area (Å²) in [5.41, 5.74) is 1.02. The van der Waals surface area contributed by atoms with Gasteiger partial charge in [-0.15, -0.1) is 0 Å². The van der Waals surface area contributed by atoms with Crippen molar-refractivity contribution < 1.29 is 14.3 Å². The van der Waals surface area contributed by atoms with Gasteiger partial charge in [0.25, 0.3) is 0 Å². The van der Waals surface area contributed by atoms with Gasteiger partial charge in [0.05, 0.1) is 19.0 Å². The second kappa shape index (κ2) is 9.68. The van der Waals surface area contributed by atoms with Crippen LogP contribution in [0.5, 0.6) is 5.75 Å². The minimum atomic E-state index is -0.478. The first-order valence-electron chi connectivity index (χ1n) is 9.07. The van der Waals surface area contributed by atoms with E-state index < -0.39 is 6.04 Å². The summed E-state index contributed by atoms with van der Waals surface area (Å²) in [4.78, 5) is 30.7. The van der Waals surface area contributed by atoms with Crippen LogP contribution in [0.4, 0.5) is 0 Å². The molecular weight excluding hydrogens is 344 g/mol. The third-order valence-corrected chi connectivity index (χ3v) is 4.37. The zero-order valence-electron chi connectivity index (χ0n) is 15.1. The molecule has 1 fully saturated rings. The van der Waals surface area contributed by atoms with Gasteiger partial charge in [0.1, 0.15) is 12.4 Å². The molecule has 1 aliphatic rings. The molecule has 2 amide bonds. The van der Waals surface area contributed by atoms with Gasteiger partial charge < -0.3 is 15.4 Å². The van der Waals surface area contributed by atoms with E-state index in [-0.39, 0.29) is 18.2 Å². The van der Waals surface area contributed by atoms with Gasteiger partial charge in [-0.1, -0.05) is 24.3 Å². The van der Waals surface area contributed by atoms with Crippen molar-refractivity contribution in [2.45, 2.75) is 19.0 Å². The predicted molar refractivity (Wildman–Crippen MR) is 101 cm³/mol. The van der Waals surface area contributed by atoms with E-state index in [2.05, 4.69) is 15.6 Å². The highest BCUT2D eigenvalue weighted by atomic mass is 16.5. The first kappa shape index (κ1) is 18.8. The normalized spacial score (nSPS) is 17.2. The molecule has 0 aliphatic carbocycles. The lowest BCUT2D eigenvalue weighted by molar-refractivity contribution is -0.134. The van der Waals surface area contributed by atoms with Crippen LogP contribution in [0.3, 0.4) is 0 Å². The molecule has 1 aromatic heterocycles. The molecular formula is C20H24N4O3. The smallest absolute Gasteiger partial charge is 0.237 e. The number of hydrogen-bond acceptors (Lipinski definition) is 5. The van der Waals surface area contributed by atoms with Gasteiger partial charge in [0, 0.05) is 32.0 Å². The van der Waals surface area contributed by atoms with Crippen LogP contribution in [0.25, 0.3) is 0 Å². The lowest BCUT2D eigenvalue weighted by Gasteiger charge is -2.34. The van der Waals surface area contributed by atoms with Crippen LogP contribution in [0.15, 0.2) is 54.9 Å². The fraction of sp³-hybridized carbons (Fsp3) is 0.350. The summed E-state index contributed by atoms with van der Waals surface area (Å²) < 4.78 is 5.56. The van der Waals surface area contributed by atoms with Gasteiger partial charge in [-0.3, -0.25) is 19.5 Å². The number of nitrogens with zero attached hydrogens (tertiary/aromatic N) is 2. The van der Waals surface area contributed by atoms with E-state index in [1.54, 1.807) is 12.4 Å². The van der Waals surface area contributed by atoms with Crippen molar-refractivity contribution in [3.8, 4) is 5.75 Å². The topological polar surface area (TPSA) is 83.6 Å². The minimum Gasteiger partial charge on any atom is -0.492 e. The van der Waals surface area contributed by atoms with E-state index in [1.165, 1.54) is 0 Å². The van der Waals surface area contributed by atoms with Gasteiger partial charge in [0.2, 0.25) is 11.8 Å². The van der Waals surface area contributed by atoms with Crippen molar-refractivity contribution in [3.05, 3.63) is 60.4 Å². The Morgan fingerprint density at radius 3 is 2.89 bits per heavy atom. The number of piperazine rings is 1. The summed E-state index contributed by atoms with van der Waals surface area (Å²) in [6, 6.07) is 12.8. The molecule has 0 saturated carbocycles. The number of pyridine rings is 1. The molecule has 0 unspecified atom stereocenters. The van der Waals surface area contributed by atoms with Crippen molar-refractivity contribution >= 4 is 11.8 Å². The van der Waals surface area contributed by atoms with Crippen molar-refractivity contribution in [2.24, 2.45) is 0 Å². The first-order chi connectivity index (χ1) is 13.2. The second-order valence-corrected chi connectivity index (χ2v) is 6.35. The fourth-order valence-corrected chi connectivity index (χ4v) is 3.02. The Morgan fingerprint density at radius 2 is 2.11 bits per heavy atom. The van der Waals surface area contributed by atoms with Crippen LogP contribution < -0.4 is 15.4 Å². The zero-order valence-corrected chi connectivity index (χ0v) is 15.1. The number of benzene rings is 1. The summed E-state index contributed by atoms with van der Waals surface area (Å²) in [6.45, 7) is 2.66. The monoisotopic (exact) mass is 368 g/mol. The Balaban J connectivity index is 1.47. The Labute approximate surface area is 158 Å². The maximum Gasteiger partial charge on any atom is 0.237 e. The van der Waals surface area contributed by atoms with E-state index in [4.69, 9.17) is 4.74 Å². The number of aromatic nitrogens is 1. The van der Waals surface area contributed by atoms with E-state index in [1.807, 2.05) is 47.4 Å². The number of hydrogen-bond donors (Lipinski definition) is 2. The molecule has 7 heteroatoms. The molecule has 7 nitrogen and oxygen atoms in total. The number of nitrogens with one attached hydrogen (secondary N) is 2. The SMILES string of the molecule is O=C(C[C@H]1C(=O)NCCN1Cc1cccnc1)NCCOc1ccccc1. The molecule has 1 saturated heterocycles. The Bertz CT molecular complexity index is 739. The number of ether oxygens (including phenoxy) is 1. The molecule has 1 aromatic carbocycles. The second-order valence-electron chi connectivity index (χ2n) is 6.35. The lowest BCUT2D eigenvalue weighted by atomic mass is 10.1. The highest BCUT2D eigenvalue weighted by Gasteiger charge is 2.31. The third-order valence-electron chi connectivity index (χ3n) is 4.37. The van der Waals surface area contributed by atoms with Crippen LogP contribution >= 0.6 is 0 Å². The highest BCUT2D eigenvalue weighted by Crippen LogP contribution is 2.13. The maximum absolute atomic E-state index is 12.3. The van der Waals surface area contributed by atoms with Gasteiger partial charge in [-0.25, -0.2) is 0 Å². The summed E-state index contributed by atoms with van der Waals surface area (Å²) in [6.07, 6.45) is 3.62. The largest absolute Gasteiger partial charge is 0.492 e. The maximum atomic E-state index is 12.3. The quantitative estimate of drug-likeness (QED) is 0.679. The van der Waals surface area contributed by atoms with Crippen LogP contribution in [0.2, 0.25) is 0 Å². The molecule has 2 aromatic rings. The molecule has 27 heavy (non-hydrogen) atoms. The van der Waals surface area contributed by atoms with Crippen LogP contribution in [-0.2, 0) is 16.1 Å². The van der Waals surface area contributed by atoms with Gasteiger partial charge in [0.15, 0.2) is 0 Å². The minimum absolute atomic E-state index is 0.110. The Kier molecular flexibility index (Phi) is 6.76. The molecule has 0 bridgehead atoms. The Morgan fingerprint density at radius 1 is 1.26 bits per heavy atom. The molecule has 0 radical (unpaired) electrons.